The van der Waals surface area contributed by atoms with E-state index in [1.54, 1.807) is 30.6 Å². The largest absolute Gasteiger partial charge is 0.493 e. The summed E-state index contributed by atoms with van der Waals surface area (Å²) in [5.41, 5.74) is 4.86. The van der Waals surface area contributed by atoms with Crippen LogP contribution in [0.25, 0.3) is 11.1 Å². The fourth-order valence-corrected chi connectivity index (χ4v) is 6.36. The second kappa shape index (κ2) is 18.2. The van der Waals surface area contributed by atoms with Gasteiger partial charge in [0.25, 0.3) is 0 Å². The Bertz CT molecular complexity index is 1890. The number of carboxylic acids is 1. The molecule has 12 heteroatoms. The number of piperidine rings is 1. The van der Waals surface area contributed by atoms with Crippen LogP contribution < -0.4 is 19.5 Å². The van der Waals surface area contributed by atoms with Crippen molar-refractivity contribution in [3.63, 3.8) is 0 Å². The van der Waals surface area contributed by atoms with Crippen LogP contribution in [0.2, 0.25) is 5.02 Å². The number of aliphatic hydroxyl groups is 1. The van der Waals surface area contributed by atoms with E-state index >= 15 is 0 Å². The predicted octanol–water partition coefficient (Wildman–Crippen LogP) is 6.62. The molecule has 1 unspecified atom stereocenters. The number of aromatic nitrogens is 2. The molecule has 0 radical (unpaired) electrons. The molecule has 1 atom stereocenters. The Morgan fingerprint density at radius 1 is 1.00 bits per heavy atom. The minimum Gasteiger partial charge on any atom is -0.493 e. The lowest BCUT2D eigenvalue weighted by atomic mass is 9.96. The normalized spacial score (nSPS) is 14.3. The van der Waals surface area contributed by atoms with Crippen molar-refractivity contribution >= 4 is 17.6 Å². The van der Waals surface area contributed by atoms with Crippen LogP contribution in [-0.4, -0.2) is 69.4 Å². The molecule has 1 fully saturated rings. The number of rotatable bonds is 17. The smallest absolute Gasteiger partial charge is 0.326 e. The highest BCUT2D eigenvalue weighted by molar-refractivity contribution is 6.32. The third kappa shape index (κ3) is 9.78. The number of aliphatic hydroxyl groups excluding tert-OH is 1. The molecule has 3 heterocycles. The number of nitriles is 1. The molecular weight excluding hydrogens is 682 g/mol. The highest BCUT2D eigenvalue weighted by atomic mass is 35.5. The lowest BCUT2D eigenvalue weighted by molar-refractivity contribution is -0.145. The molecule has 3 N–H and O–H groups in total. The number of pyridine rings is 2. The molecule has 1 aliphatic rings. The molecule has 5 rings (SSSR count). The van der Waals surface area contributed by atoms with E-state index in [1.165, 1.54) is 45.5 Å². The van der Waals surface area contributed by atoms with Gasteiger partial charge in [-0.3, -0.25) is 20.1 Å². The molecule has 1 saturated heterocycles. The van der Waals surface area contributed by atoms with Crippen LogP contribution in [0.1, 0.15) is 66.1 Å². The summed E-state index contributed by atoms with van der Waals surface area (Å²) in [5.74, 6) is 0.388. The summed E-state index contributed by atoms with van der Waals surface area (Å²) in [7, 11) is 0. The molecule has 4 aromatic rings. The van der Waals surface area contributed by atoms with E-state index in [0.29, 0.717) is 34.8 Å². The van der Waals surface area contributed by atoms with Crippen LogP contribution in [0.5, 0.6) is 17.2 Å². The molecule has 0 amide bonds. The highest BCUT2D eigenvalue weighted by Gasteiger charge is 2.32. The zero-order valence-electron chi connectivity index (χ0n) is 30.0. The third-order valence-electron chi connectivity index (χ3n) is 9.46. The van der Waals surface area contributed by atoms with Crippen molar-refractivity contribution in [2.45, 2.75) is 71.8 Å². The number of aliphatic carboxylic acids is 1. The zero-order valence-corrected chi connectivity index (χ0v) is 30.7. The lowest BCUT2D eigenvalue weighted by Gasteiger charge is -2.26. The van der Waals surface area contributed by atoms with Crippen molar-refractivity contribution in [2.24, 2.45) is 0 Å². The van der Waals surface area contributed by atoms with Gasteiger partial charge in [0.05, 0.1) is 29.5 Å². The van der Waals surface area contributed by atoms with E-state index in [9.17, 15) is 20.3 Å². The predicted molar refractivity (Wildman–Crippen MR) is 199 cm³/mol. The van der Waals surface area contributed by atoms with Gasteiger partial charge < -0.3 is 29.3 Å². The van der Waals surface area contributed by atoms with E-state index in [0.717, 1.165) is 46.7 Å². The molecule has 52 heavy (non-hydrogen) atoms. The topological polar surface area (TPSA) is 150 Å². The molecule has 0 saturated carbocycles. The van der Waals surface area contributed by atoms with Crippen LogP contribution in [0, 0.1) is 25.2 Å². The number of hydrogen-bond donors (Lipinski definition) is 3. The minimum atomic E-state index is -1.59. The van der Waals surface area contributed by atoms with Crippen molar-refractivity contribution in [1.29, 1.82) is 5.26 Å². The summed E-state index contributed by atoms with van der Waals surface area (Å²) < 4.78 is 18.6. The standard InChI is InChI=1S/C40H46ClN5O6/c1-27-33(32-9-7-10-36(28(32)2)50-16-8-15-46-13-5-4-6-14-46)11-12-44-35(27)25-52-38-19-37(51-24-30-17-29(20-42)21-43-22-30)31(18-34(38)41)23-45-40(3,26-47)39(48)49/h7,9-12,17-19,21-22,45,47H,4-6,8,13-16,23-26H2,1-3H3,(H,48,49). The summed E-state index contributed by atoms with van der Waals surface area (Å²) in [6.45, 7) is 9.18. The number of nitrogens with zero attached hydrogens (tertiary/aromatic N) is 4. The van der Waals surface area contributed by atoms with Gasteiger partial charge in [-0.25, -0.2) is 0 Å². The maximum Gasteiger partial charge on any atom is 0.326 e. The molecule has 0 bridgehead atoms. The van der Waals surface area contributed by atoms with Gasteiger partial charge in [-0.2, -0.15) is 5.26 Å². The molecule has 0 aliphatic carbocycles. The van der Waals surface area contributed by atoms with Gasteiger partial charge in [0, 0.05) is 48.9 Å². The number of hydrogen-bond acceptors (Lipinski definition) is 10. The highest BCUT2D eigenvalue weighted by Crippen LogP contribution is 2.36. The number of nitrogens with one attached hydrogen (secondary N) is 1. The van der Waals surface area contributed by atoms with Crippen LogP contribution in [-0.2, 0) is 24.6 Å². The van der Waals surface area contributed by atoms with E-state index in [1.807, 2.05) is 25.1 Å². The van der Waals surface area contributed by atoms with Crippen molar-refractivity contribution in [3.8, 4) is 34.4 Å². The quantitative estimate of drug-likeness (QED) is 0.101. The number of carboxylic acid groups (broad SMARTS) is 1. The first-order valence-electron chi connectivity index (χ1n) is 17.5. The Labute approximate surface area is 310 Å². The van der Waals surface area contributed by atoms with Crippen molar-refractivity contribution < 1.29 is 29.2 Å². The summed E-state index contributed by atoms with van der Waals surface area (Å²) in [6.07, 6.45) is 9.72. The fraction of sp³-hybridized carbons (Fsp3) is 0.400. The maximum atomic E-state index is 11.8. The summed E-state index contributed by atoms with van der Waals surface area (Å²) in [4.78, 5) is 23.0. The van der Waals surface area contributed by atoms with Gasteiger partial charge in [0.2, 0.25) is 0 Å². The van der Waals surface area contributed by atoms with Gasteiger partial charge in [0.1, 0.15) is 42.1 Å². The van der Waals surface area contributed by atoms with Gasteiger partial charge in [0.15, 0.2) is 0 Å². The van der Waals surface area contributed by atoms with Crippen LogP contribution in [0.4, 0.5) is 0 Å². The minimum absolute atomic E-state index is 0.0263. The first-order chi connectivity index (χ1) is 25.1. The Morgan fingerprint density at radius 3 is 2.52 bits per heavy atom. The number of halogens is 1. The second-order valence-corrected chi connectivity index (χ2v) is 13.7. The molecule has 0 spiro atoms. The van der Waals surface area contributed by atoms with E-state index < -0.39 is 18.1 Å². The zero-order chi connectivity index (χ0) is 37.1. The third-order valence-corrected chi connectivity index (χ3v) is 9.76. The first kappa shape index (κ1) is 38.5. The van der Waals surface area contributed by atoms with Crippen molar-refractivity contribution in [2.75, 3.05) is 32.8 Å². The van der Waals surface area contributed by atoms with Crippen LogP contribution in [0.15, 0.2) is 61.1 Å². The average molecular weight is 728 g/mol. The SMILES string of the molecule is Cc1c(OCCCN2CCCCC2)cccc1-c1ccnc(COc2cc(OCc3cncc(C#N)c3)c(CNC(C)(CO)C(=O)O)cc2Cl)c1C. The Hall–Kier alpha value is -4.73. The number of ether oxygens (including phenoxy) is 3. The number of likely N-dealkylation sites (tertiary alicyclic amines) is 1. The monoisotopic (exact) mass is 727 g/mol. The first-order valence-corrected chi connectivity index (χ1v) is 17.9. The Morgan fingerprint density at radius 2 is 1.77 bits per heavy atom. The molecule has 274 valence electrons. The van der Waals surface area contributed by atoms with Gasteiger partial charge in [-0.05, 0) is 99.6 Å². The summed E-state index contributed by atoms with van der Waals surface area (Å²) >= 11 is 6.72. The van der Waals surface area contributed by atoms with E-state index in [-0.39, 0.29) is 24.8 Å². The van der Waals surface area contributed by atoms with E-state index in [4.69, 9.17) is 25.8 Å². The summed E-state index contributed by atoms with van der Waals surface area (Å²) in [6, 6.07) is 15.1. The van der Waals surface area contributed by atoms with Crippen molar-refractivity contribution in [1.82, 2.24) is 20.2 Å². The maximum absolute atomic E-state index is 11.8. The van der Waals surface area contributed by atoms with Crippen molar-refractivity contribution in [3.05, 3.63) is 99.6 Å². The molecule has 2 aromatic heterocycles. The number of benzene rings is 2. The molecule has 2 aromatic carbocycles. The van der Waals surface area contributed by atoms with E-state index in [2.05, 4.69) is 39.2 Å². The van der Waals surface area contributed by atoms with Gasteiger partial charge in [-0.15, -0.1) is 0 Å². The van der Waals surface area contributed by atoms with Gasteiger partial charge >= 0.3 is 5.97 Å². The second-order valence-electron chi connectivity index (χ2n) is 13.3. The summed E-state index contributed by atoms with van der Waals surface area (Å²) in [5, 5.41) is 31.8. The van der Waals surface area contributed by atoms with Crippen LogP contribution >= 0.6 is 11.6 Å². The van der Waals surface area contributed by atoms with Crippen LogP contribution in [0.3, 0.4) is 0 Å². The molecule has 11 nitrogen and oxygen atoms in total. The fourth-order valence-electron chi connectivity index (χ4n) is 6.12. The lowest BCUT2D eigenvalue weighted by Crippen LogP contribution is -2.52. The molecule has 1 aliphatic heterocycles. The Kier molecular flexibility index (Phi) is 13.4. The average Bonchev–Trinajstić information content (AvgIpc) is 3.16. The van der Waals surface area contributed by atoms with Gasteiger partial charge in [-0.1, -0.05) is 30.2 Å². The number of carbonyl (C=O) groups is 1. The molecular formula is C40H46ClN5O6. The Balaban J connectivity index is 1.32.